The lowest BCUT2D eigenvalue weighted by Gasteiger charge is -2.25. The molecule has 1 aliphatic carbocycles. The van der Waals surface area contributed by atoms with Gasteiger partial charge in [-0.05, 0) is 30.4 Å². The van der Waals surface area contributed by atoms with Gasteiger partial charge in [-0.15, -0.1) is 24.0 Å². The van der Waals surface area contributed by atoms with Crippen LogP contribution >= 0.6 is 24.0 Å². The molecule has 1 atom stereocenters. The fourth-order valence-corrected chi connectivity index (χ4v) is 4.12. The predicted octanol–water partition coefficient (Wildman–Crippen LogP) is 1.49. The van der Waals surface area contributed by atoms with Crippen LogP contribution in [0.15, 0.2) is 29.3 Å². The third-order valence-electron chi connectivity index (χ3n) is 4.91. The fourth-order valence-electron chi connectivity index (χ4n) is 3.12. The van der Waals surface area contributed by atoms with Crippen LogP contribution < -0.4 is 20.1 Å². The lowest BCUT2D eigenvalue weighted by Crippen LogP contribution is -2.44. The van der Waals surface area contributed by atoms with Gasteiger partial charge < -0.3 is 15.4 Å². The topological polar surface area (TPSA) is 91.8 Å². The molecule has 3 N–H and O–H groups in total. The van der Waals surface area contributed by atoms with E-state index < -0.39 is 10.0 Å². The number of nitrogens with zero attached hydrogens (tertiary/aromatic N) is 1. The molecular formula is C18H29IN4O3S. The van der Waals surface area contributed by atoms with Crippen molar-refractivity contribution in [2.45, 2.75) is 31.8 Å². The largest absolute Gasteiger partial charge is 0.488 e. The predicted molar refractivity (Wildman–Crippen MR) is 118 cm³/mol. The van der Waals surface area contributed by atoms with Crippen molar-refractivity contribution in [3.63, 3.8) is 0 Å². The summed E-state index contributed by atoms with van der Waals surface area (Å²) >= 11 is 0. The lowest BCUT2D eigenvalue weighted by atomic mass is 9.86. The molecule has 27 heavy (non-hydrogen) atoms. The summed E-state index contributed by atoms with van der Waals surface area (Å²) in [6.07, 6.45) is 4.39. The zero-order chi connectivity index (χ0) is 18.4. The van der Waals surface area contributed by atoms with Crippen LogP contribution in [0, 0.1) is 5.92 Å². The molecule has 1 aromatic rings. The Kier molecular flexibility index (Phi) is 8.62. The highest BCUT2D eigenvalue weighted by molar-refractivity contribution is 14.0. The first-order valence-electron chi connectivity index (χ1n) is 9.22. The smallest absolute Gasteiger partial charge is 0.213 e. The molecule has 0 bridgehead atoms. The van der Waals surface area contributed by atoms with Crippen LogP contribution in [0.1, 0.15) is 24.8 Å². The molecule has 0 radical (unpaired) electrons. The Morgan fingerprint density at radius 1 is 1.22 bits per heavy atom. The number of para-hydroxylation sites is 1. The quantitative estimate of drug-likeness (QED) is 0.281. The van der Waals surface area contributed by atoms with Gasteiger partial charge in [0.2, 0.25) is 10.0 Å². The number of hydrogen-bond donors (Lipinski definition) is 3. The van der Waals surface area contributed by atoms with E-state index in [0.29, 0.717) is 31.5 Å². The van der Waals surface area contributed by atoms with Gasteiger partial charge in [0.1, 0.15) is 11.9 Å². The number of benzene rings is 1. The van der Waals surface area contributed by atoms with Gasteiger partial charge in [-0.25, -0.2) is 13.1 Å². The van der Waals surface area contributed by atoms with Crippen molar-refractivity contribution >= 4 is 40.0 Å². The van der Waals surface area contributed by atoms with Crippen molar-refractivity contribution in [3.05, 3.63) is 29.8 Å². The van der Waals surface area contributed by atoms with Gasteiger partial charge in [-0.3, -0.25) is 4.99 Å². The number of hydrogen-bond acceptors (Lipinski definition) is 4. The molecule has 9 heteroatoms. The van der Waals surface area contributed by atoms with Crippen LogP contribution in [-0.2, 0) is 16.4 Å². The molecule has 1 saturated carbocycles. The fraction of sp³-hybridized carbons (Fsp3) is 0.611. The highest BCUT2D eigenvalue weighted by Gasteiger charge is 2.22. The van der Waals surface area contributed by atoms with E-state index in [9.17, 15) is 8.42 Å². The molecule has 7 nitrogen and oxygen atoms in total. The first kappa shape index (κ1) is 22.2. The summed E-state index contributed by atoms with van der Waals surface area (Å²) in [5, 5.41) is 6.25. The summed E-state index contributed by atoms with van der Waals surface area (Å²) in [4.78, 5) is 4.14. The average Bonchev–Trinajstić information content (AvgIpc) is 2.99. The summed E-state index contributed by atoms with van der Waals surface area (Å²) in [7, 11) is -1.57. The molecule has 0 amide bonds. The van der Waals surface area contributed by atoms with Crippen LogP contribution in [0.3, 0.4) is 0 Å². The Morgan fingerprint density at radius 2 is 2.00 bits per heavy atom. The highest BCUT2D eigenvalue weighted by Crippen LogP contribution is 2.27. The summed E-state index contributed by atoms with van der Waals surface area (Å²) in [6, 6.07) is 8.03. The van der Waals surface area contributed by atoms with E-state index >= 15 is 0 Å². The standard InChI is InChI=1S/C18H28N4O3S.HI/c1-19-18(20-9-10-26(23,24)22-12-14-5-4-6-14)21-13-16-11-15-7-2-3-8-17(15)25-16;/h2-3,7-8,14,16,22H,4-6,9-13H2,1H3,(H2,19,20,21);1H. The van der Waals surface area contributed by atoms with Crippen molar-refractivity contribution in [1.82, 2.24) is 15.4 Å². The molecule has 1 fully saturated rings. The Bertz CT molecular complexity index is 713. The monoisotopic (exact) mass is 508 g/mol. The summed E-state index contributed by atoms with van der Waals surface area (Å²) in [5.41, 5.74) is 1.21. The molecule has 1 aliphatic heterocycles. The Balaban J connectivity index is 0.00000261. The van der Waals surface area contributed by atoms with E-state index in [4.69, 9.17) is 4.74 Å². The average molecular weight is 508 g/mol. The van der Waals surface area contributed by atoms with E-state index in [0.717, 1.165) is 25.0 Å². The molecular weight excluding hydrogens is 479 g/mol. The van der Waals surface area contributed by atoms with Gasteiger partial charge in [-0.1, -0.05) is 24.6 Å². The molecule has 152 valence electrons. The van der Waals surface area contributed by atoms with Crippen LogP contribution in [0.4, 0.5) is 0 Å². The molecule has 1 unspecified atom stereocenters. The minimum Gasteiger partial charge on any atom is -0.488 e. The van der Waals surface area contributed by atoms with Crippen molar-refractivity contribution < 1.29 is 13.2 Å². The van der Waals surface area contributed by atoms with Crippen LogP contribution in [0.2, 0.25) is 0 Å². The maximum absolute atomic E-state index is 12.0. The second-order valence-electron chi connectivity index (χ2n) is 6.90. The number of rotatable bonds is 8. The number of aliphatic imine (C=N–C) groups is 1. The van der Waals surface area contributed by atoms with E-state index in [2.05, 4.69) is 26.4 Å². The number of nitrogens with one attached hydrogen (secondary N) is 3. The minimum absolute atomic E-state index is 0. The van der Waals surface area contributed by atoms with Gasteiger partial charge in [0, 0.05) is 26.6 Å². The van der Waals surface area contributed by atoms with Gasteiger partial charge in [0.15, 0.2) is 5.96 Å². The number of halogens is 1. The minimum atomic E-state index is -3.24. The summed E-state index contributed by atoms with van der Waals surface area (Å²) < 4.78 is 32.6. The van der Waals surface area contributed by atoms with Crippen LogP contribution in [-0.4, -0.2) is 52.9 Å². The molecule has 3 rings (SSSR count). The Morgan fingerprint density at radius 3 is 2.67 bits per heavy atom. The van der Waals surface area contributed by atoms with Gasteiger partial charge in [0.25, 0.3) is 0 Å². The van der Waals surface area contributed by atoms with Crippen LogP contribution in [0.25, 0.3) is 0 Å². The van der Waals surface area contributed by atoms with Crippen molar-refractivity contribution in [1.29, 1.82) is 0 Å². The van der Waals surface area contributed by atoms with E-state index in [1.54, 1.807) is 7.05 Å². The van der Waals surface area contributed by atoms with Gasteiger partial charge >= 0.3 is 0 Å². The van der Waals surface area contributed by atoms with Crippen molar-refractivity contribution in [2.24, 2.45) is 10.9 Å². The maximum atomic E-state index is 12.0. The first-order chi connectivity index (χ1) is 12.6. The molecule has 1 heterocycles. The molecule has 0 spiro atoms. The Hall–Kier alpha value is -1.07. The van der Waals surface area contributed by atoms with Gasteiger partial charge in [-0.2, -0.15) is 0 Å². The zero-order valence-corrected chi connectivity index (χ0v) is 18.8. The van der Waals surface area contributed by atoms with E-state index in [-0.39, 0.29) is 35.8 Å². The Labute approximate surface area is 178 Å². The molecule has 1 aromatic carbocycles. The number of fused-ring (bicyclic) bond motifs is 1. The van der Waals surface area contributed by atoms with Crippen LogP contribution in [0.5, 0.6) is 5.75 Å². The molecule has 2 aliphatic rings. The highest BCUT2D eigenvalue weighted by atomic mass is 127. The van der Waals surface area contributed by atoms with E-state index in [1.165, 1.54) is 12.0 Å². The first-order valence-corrected chi connectivity index (χ1v) is 10.9. The SMILES string of the molecule is CN=C(NCCS(=O)(=O)NCC1CCC1)NCC1Cc2ccccc2O1.I. The van der Waals surface area contributed by atoms with Crippen molar-refractivity contribution in [3.8, 4) is 5.75 Å². The number of guanidine groups is 1. The second-order valence-corrected chi connectivity index (χ2v) is 8.82. The third-order valence-corrected chi connectivity index (χ3v) is 6.26. The molecule has 0 saturated heterocycles. The van der Waals surface area contributed by atoms with Gasteiger partial charge in [0.05, 0.1) is 12.3 Å². The molecule has 0 aromatic heterocycles. The number of sulfonamides is 1. The number of ether oxygens (including phenoxy) is 1. The third kappa shape index (κ3) is 6.79. The zero-order valence-electron chi connectivity index (χ0n) is 15.6. The van der Waals surface area contributed by atoms with E-state index in [1.807, 2.05) is 18.2 Å². The summed E-state index contributed by atoms with van der Waals surface area (Å²) in [6.45, 7) is 1.49. The lowest BCUT2D eigenvalue weighted by molar-refractivity contribution is 0.235. The second kappa shape index (κ2) is 10.5. The van der Waals surface area contributed by atoms with Crippen molar-refractivity contribution in [2.75, 3.05) is 32.4 Å². The normalized spacial score (nSPS) is 19.4. The summed E-state index contributed by atoms with van der Waals surface area (Å²) in [5.74, 6) is 2.07. The maximum Gasteiger partial charge on any atom is 0.213 e.